The lowest BCUT2D eigenvalue weighted by Gasteiger charge is -2.21. The number of aliphatic imine (C=N–C) groups is 2. The van der Waals surface area contributed by atoms with Crippen molar-refractivity contribution in [3.05, 3.63) is 71.9 Å². The number of fused-ring (bicyclic) bond motifs is 1. The summed E-state index contributed by atoms with van der Waals surface area (Å²) in [6.45, 7) is 0.416. The van der Waals surface area contributed by atoms with Gasteiger partial charge < -0.3 is 20.7 Å². The minimum absolute atomic E-state index is 0.0210. The zero-order valence-corrected chi connectivity index (χ0v) is 15.4. The molecule has 0 bridgehead atoms. The number of nitrogens with zero attached hydrogens (tertiary/aromatic N) is 2. The van der Waals surface area contributed by atoms with E-state index in [0.717, 1.165) is 22.6 Å². The maximum absolute atomic E-state index is 12.2. The molecule has 0 saturated carbocycles. The molecular weight excluding hydrogens is 354 g/mol. The summed E-state index contributed by atoms with van der Waals surface area (Å²) in [5.74, 6) is 0.899. The van der Waals surface area contributed by atoms with E-state index in [4.69, 9.17) is 4.74 Å². The van der Waals surface area contributed by atoms with E-state index in [9.17, 15) is 4.79 Å². The van der Waals surface area contributed by atoms with Crippen LogP contribution in [0, 0.1) is 5.92 Å². The van der Waals surface area contributed by atoms with Crippen molar-refractivity contribution in [3.63, 3.8) is 0 Å². The summed E-state index contributed by atoms with van der Waals surface area (Å²) < 4.78 is 5.19. The first-order valence-electron chi connectivity index (χ1n) is 9.03. The zero-order valence-electron chi connectivity index (χ0n) is 15.4. The molecule has 2 unspecified atom stereocenters. The second-order valence-corrected chi connectivity index (χ2v) is 6.51. The number of hydrogen-bond donors (Lipinski definition) is 3. The Bertz CT molecular complexity index is 950. The van der Waals surface area contributed by atoms with Crippen LogP contribution in [0.1, 0.15) is 11.1 Å². The van der Waals surface area contributed by atoms with Gasteiger partial charge in [0.25, 0.3) is 0 Å². The van der Waals surface area contributed by atoms with E-state index >= 15 is 0 Å². The number of hydrogen-bond acceptors (Lipinski definition) is 5. The molecule has 2 aromatic rings. The first-order chi connectivity index (χ1) is 13.7. The predicted molar refractivity (Wildman–Crippen MR) is 110 cm³/mol. The third-order valence-corrected chi connectivity index (χ3v) is 4.68. The topological polar surface area (TPSA) is 87.1 Å². The van der Waals surface area contributed by atoms with Crippen molar-refractivity contribution in [3.8, 4) is 5.75 Å². The van der Waals surface area contributed by atoms with Crippen molar-refractivity contribution in [2.75, 3.05) is 12.4 Å². The fourth-order valence-corrected chi connectivity index (χ4v) is 3.23. The van der Waals surface area contributed by atoms with Crippen molar-refractivity contribution in [1.29, 1.82) is 0 Å². The van der Waals surface area contributed by atoms with Gasteiger partial charge in [0.1, 0.15) is 18.3 Å². The summed E-state index contributed by atoms with van der Waals surface area (Å²) in [6.07, 6.45) is 5.59. The maximum Gasteiger partial charge on any atom is 0.319 e. The molecule has 0 aromatic heterocycles. The molecule has 0 saturated heterocycles. The number of rotatable bonds is 5. The van der Waals surface area contributed by atoms with Crippen molar-refractivity contribution in [2.24, 2.45) is 15.9 Å². The van der Waals surface area contributed by atoms with Crippen molar-refractivity contribution < 1.29 is 9.53 Å². The first kappa shape index (κ1) is 17.8. The summed E-state index contributed by atoms with van der Waals surface area (Å²) >= 11 is 0. The fraction of sp³-hybridized carbons (Fsp3) is 0.190. The first-order valence-corrected chi connectivity index (χ1v) is 9.03. The lowest BCUT2D eigenvalue weighted by molar-refractivity contribution is 0.251. The van der Waals surface area contributed by atoms with Crippen molar-refractivity contribution in [2.45, 2.75) is 12.7 Å². The van der Waals surface area contributed by atoms with Gasteiger partial charge >= 0.3 is 6.03 Å². The Morgan fingerprint density at radius 3 is 2.89 bits per heavy atom. The minimum Gasteiger partial charge on any atom is -0.497 e. The Balaban J connectivity index is 1.35. The monoisotopic (exact) mass is 375 g/mol. The van der Waals surface area contributed by atoms with Crippen molar-refractivity contribution in [1.82, 2.24) is 10.6 Å². The van der Waals surface area contributed by atoms with Crippen LogP contribution >= 0.6 is 0 Å². The molecule has 2 aliphatic rings. The molecule has 28 heavy (non-hydrogen) atoms. The highest BCUT2D eigenvalue weighted by atomic mass is 16.5. The maximum atomic E-state index is 12.2. The highest BCUT2D eigenvalue weighted by Crippen LogP contribution is 2.23. The van der Waals surface area contributed by atoms with Crippen LogP contribution in [0.2, 0.25) is 0 Å². The fourth-order valence-electron chi connectivity index (χ4n) is 3.23. The van der Waals surface area contributed by atoms with Gasteiger partial charge in [0.05, 0.1) is 18.7 Å². The van der Waals surface area contributed by atoms with Crippen LogP contribution in [0.4, 0.5) is 10.5 Å². The Kier molecular flexibility index (Phi) is 5.05. The number of benzene rings is 2. The molecule has 4 rings (SSSR count). The van der Waals surface area contributed by atoms with E-state index in [0.29, 0.717) is 12.2 Å². The van der Waals surface area contributed by atoms with E-state index in [1.54, 1.807) is 13.4 Å². The Labute approximate surface area is 163 Å². The number of ether oxygens (including phenoxy) is 1. The molecular formula is C21H21N5O2. The third kappa shape index (κ3) is 3.88. The summed E-state index contributed by atoms with van der Waals surface area (Å²) in [5, 5.41) is 8.88. The van der Waals surface area contributed by atoms with Crippen LogP contribution in [0.25, 0.3) is 0 Å². The molecule has 3 N–H and O–H groups in total. The molecule has 7 nitrogen and oxygen atoms in total. The Morgan fingerprint density at radius 2 is 2.07 bits per heavy atom. The Hall–Kier alpha value is -3.61. The highest BCUT2D eigenvalue weighted by molar-refractivity contribution is 6.08. The molecule has 2 heterocycles. The second kappa shape index (κ2) is 7.96. The van der Waals surface area contributed by atoms with Crippen LogP contribution in [0.3, 0.4) is 0 Å². The third-order valence-electron chi connectivity index (χ3n) is 4.68. The smallest absolute Gasteiger partial charge is 0.319 e. The molecule has 2 amide bonds. The molecule has 2 aliphatic heterocycles. The zero-order chi connectivity index (χ0) is 19.3. The molecule has 142 valence electrons. The largest absolute Gasteiger partial charge is 0.497 e. The average molecular weight is 375 g/mol. The molecule has 0 aliphatic carbocycles. The number of urea groups is 1. The lowest BCUT2D eigenvalue weighted by Crippen LogP contribution is -2.33. The van der Waals surface area contributed by atoms with Crippen LogP contribution in [0.15, 0.2) is 70.8 Å². The summed E-state index contributed by atoms with van der Waals surface area (Å²) in [5.41, 5.74) is 3.66. The number of carbonyl (C=O) groups is 1. The summed E-state index contributed by atoms with van der Waals surface area (Å²) in [7, 11) is 1.62. The molecule has 2 atom stereocenters. The Morgan fingerprint density at radius 1 is 1.21 bits per heavy atom. The standard InChI is InChI=1S/C21H21N5O2/c1-28-17-4-2-3-14(11-17)12-23-21(27)26-16-7-5-15(6-8-16)19-18-9-10-22-20(18)25-13-24-19/h2-11,13,18,20,22H,12H2,1H3,(H2,23,26,27). The van der Waals surface area contributed by atoms with Crippen LogP contribution in [-0.4, -0.2) is 31.4 Å². The molecule has 7 heteroatoms. The van der Waals surface area contributed by atoms with E-state index in [1.165, 1.54) is 0 Å². The van der Waals surface area contributed by atoms with Crippen LogP contribution in [0.5, 0.6) is 5.75 Å². The minimum atomic E-state index is -0.263. The summed E-state index contributed by atoms with van der Waals surface area (Å²) in [4.78, 5) is 20.9. The SMILES string of the molecule is COc1cccc(CNC(=O)Nc2ccc(C3=NC=NC4NC=CC34)cc2)c1. The van der Waals surface area contributed by atoms with Crippen LogP contribution in [-0.2, 0) is 6.54 Å². The average Bonchev–Trinajstić information content (AvgIpc) is 3.22. The van der Waals surface area contributed by atoms with Gasteiger partial charge in [0, 0.05) is 12.2 Å². The molecule has 0 radical (unpaired) electrons. The van der Waals surface area contributed by atoms with Gasteiger partial charge in [-0.05, 0) is 41.6 Å². The molecule has 0 spiro atoms. The quantitative estimate of drug-likeness (QED) is 0.751. The molecule has 2 aromatic carbocycles. The summed E-state index contributed by atoms with van der Waals surface area (Å²) in [6, 6.07) is 15.0. The highest BCUT2D eigenvalue weighted by Gasteiger charge is 2.29. The number of nitrogens with one attached hydrogen (secondary N) is 3. The normalized spacial score (nSPS) is 19.4. The lowest BCUT2D eigenvalue weighted by atomic mass is 9.94. The van der Waals surface area contributed by atoms with Gasteiger partial charge in [-0.3, -0.25) is 0 Å². The van der Waals surface area contributed by atoms with Crippen LogP contribution < -0.4 is 20.7 Å². The van der Waals surface area contributed by atoms with Gasteiger partial charge in [-0.25, -0.2) is 14.8 Å². The number of methoxy groups -OCH3 is 1. The van der Waals surface area contributed by atoms with E-state index < -0.39 is 0 Å². The molecule has 0 fully saturated rings. The van der Waals surface area contributed by atoms with Gasteiger partial charge in [-0.15, -0.1) is 0 Å². The predicted octanol–water partition coefficient (Wildman–Crippen LogP) is 2.91. The van der Waals surface area contributed by atoms with E-state index in [-0.39, 0.29) is 18.1 Å². The van der Waals surface area contributed by atoms with Crippen molar-refractivity contribution >= 4 is 23.8 Å². The van der Waals surface area contributed by atoms with E-state index in [1.807, 2.05) is 54.7 Å². The van der Waals surface area contributed by atoms with Gasteiger partial charge in [0.15, 0.2) is 0 Å². The van der Waals surface area contributed by atoms with Gasteiger partial charge in [-0.1, -0.05) is 30.3 Å². The van der Waals surface area contributed by atoms with E-state index in [2.05, 4.69) is 32.0 Å². The number of carbonyl (C=O) groups excluding carboxylic acids is 1. The number of anilines is 1. The number of amides is 2. The van der Waals surface area contributed by atoms with Gasteiger partial charge in [0.2, 0.25) is 0 Å². The van der Waals surface area contributed by atoms with Gasteiger partial charge in [-0.2, -0.15) is 0 Å². The second-order valence-electron chi connectivity index (χ2n) is 6.51.